The molecule has 2 aromatic rings. The van der Waals surface area contributed by atoms with Gasteiger partial charge in [-0.1, -0.05) is 6.07 Å². The summed E-state index contributed by atoms with van der Waals surface area (Å²) in [4.78, 5) is 26.2. The molecule has 0 aliphatic carbocycles. The normalized spacial score (nSPS) is 15.6. The zero-order valence-electron chi connectivity index (χ0n) is 14.4. The molecule has 1 aliphatic rings. The Bertz CT molecular complexity index is 962. The predicted octanol–water partition coefficient (Wildman–Crippen LogP) is 1.95. The van der Waals surface area contributed by atoms with Crippen LogP contribution in [0.5, 0.6) is 0 Å². The molecular formula is C17H16F3N5O2. The number of carbonyl (C=O) groups excluding carboxylic acids is 1. The molecule has 3 rings (SSSR count). The van der Waals surface area contributed by atoms with E-state index in [1.165, 1.54) is 6.07 Å². The van der Waals surface area contributed by atoms with Gasteiger partial charge in [-0.25, -0.2) is 9.48 Å². The van der Waals surface area contributed by atoms with Crippen LogP contribution in [0.1, 0.15) is 40.6 Å². The van der Waals surface area contributed by atoms with Gasteiger partial charge in [-0.2, -0.15) is 18.4 Å². The van der Waals surface area contributed by atoms with Crippen LogP contribution in [0.15, 0.2) is 29.1 Å². The summed E-state index contributed by atoms with van der Waals surface area (Å²) in [7, 11) is 1.04. The highest BCUT2D eigenvalue weighted by atomic mass is 19.4. The number of halogens is 3. The Morgan fingerprint density at radius 3 is 2.52 bits per heavy atom. The number of rotatable bonds is 2. The quantitative estimate of drug-likeness (QED) is 0.798. The van der Waals surface area contributed by atoms with Gasteiger partial charge in [0.15, 0.2) is 0 Å². The summed E-state index contributed by atoms with van der Waals surface area (Å²) in [5.74, 6) is -1.49. The van der Waals surface area contributed by atoms with Crippen LogP contribution >= 0.6 is 0 Å². The Morgan fingerprint density at radius 2 is 1.96 bits per heavy atom. The number of hydrogen-bond donors (Lipinski definition) is 0. The van der Waals surface area contributed by atoms with Crippen LogP contribution < -0.4 is 5.69 Å². The molecular weight excluding hydrogens is 363 g/mol. The first-order valence-corrected chi connectivity index (χ1v) is 8.24. The molecule has 1 aliphatic heterocycles. The van der Waals surface area contributed by atoms with Crippen molar-refractivity contribution in [1.82, 2.24) is 19.2 Å². The maximum atomic E-state index is 12.9. The van der Waals surface area contributed by atoms with E-state index < -0.39 is 23.7 Å². The van der Waals surface area contributed by atoms with Crippen LogP contribution in [-0.2, 0) is 13.2 Å². The number of alkyl halides is 3. The molecule has 0 atom stereocenters. The number of aromatic nitrogens is 3. The smallest absolute Gasteiger partial charge is 0.338 e. The van der Waals surface area contributed by atoms with E-state index in [0.717, 1.165) is 11.7 Å². The summed E-state index contributed by atoms with van der Waals surface area (Å²) in [6.45, 7) is 0.565. The van der Waals surface area contributed by atoms with E-state index >= 15 is 0 Å². The molecule has 1 fully saturated rings. The number of nitrogens with zero attached hydrogens (tertiary/aromatic N) is 5. The fraction of sp³-hybridized carbons (Fsp3) is 0.412. The number of likely N-dealkylation sites (tertiary alicyclic amines) is 1. The molecule has 0 N–H and O–H groups in total. The molecule has 7 nitrogen and oxygen atoms in total. The summed E-state index contributed by atoms with van der Waals surface area (Å²) in [5, 5.41) is 12.4. The van der Waals surface area contributed by atoms with Crippen LogP contribution in [0.4, 0.5) is 13.2 Å². The van der Waals surface area contributed by atoms with Gasteiger partial charge in [0.1, 0.15) is 0 Å². The zero-order valence-corrected chi connectivity index (χ0v) is 14.4. The number of hydrogen-bond acceptors (Lipinski definition) is 4. The first-order chi connectivity index (χ1) is 12.7. The van der Waals surface area contributed by atoms with Gasteiger partial charge in [0, 0.05) is 25.7 Å². The zero-order chi connectivity index (χ0) is 19.8. The lowest BCUT2D eigenvalue weighted by Gasteiger charge is -2.31. The van der Waals surface area contributed by atoms with Crippen molar-refractivity contribution in [3.05, 3.63) is 51.7 Å². The molecule has 2 heterocycles. The third kappa shape index (κ3) is 3.58. The first-order valence-electron chi connectivity index (χ1n) is 8.24. The fourth-order valence-corrected chi connectivity index (χ4v) is 3.16. The third-order valence-corrected chi connectivity index (χ3v) is 4.59. The van der Waals surface area contributed by atoms with E-state index in [4.69, 9.17) is 5.26 Å². The Morgan fingerprint density at radius 1 is 1.30 bits per heavy atom. The number of benzene rings is 1. The molecule has 0 unspecified atom stereocenters. The lowest BCUT2D eigenvalue weighted by molar-refractivity contribution is -0.147. The second-order valence-electron chi connectivity index (χ2n) is 6.32. The summed E-state index contributed by atoms with van der Waals surface area (Å²) in [6.07, 6.45) is -4.07. The van der Waals surface area contributed by atoms with Crippen molar-refractivity contribution in [2.75, 3.05) is 13.1 Å². The van der Waals surface area contributed by atoms with Gasteiger partial charge < -0.3 is 4.90 Å². The fourth-order valence-electron chi connectivity index (χ4n) is 3.16. The van der Waals surface area contributed by atoms with Gasteiger partial charge >= 0.3 is 11.9 Å². The van der Waals surface area contributed by atoms with Gasteiger partial charge in [-0.3, -0.25) is 9.36 Å². The minimum Gasteiger partial charge on any atom is -0.338 e. The molecule has 0 radical (unpaired) electrons. The van der Waals surface area contributed by atoms with E-state index in [1.807, 2.05) is 6.07 Å². The Labute approximate surface area is 152 Å². The lowest BCUT2D eigenvalue weighted by atomic mass is 10.0. The molecule has 142 valence electrons. The highest BCUT2D eigenvalue weighted by molar-refractivity contribution is 5.94. The second-order valence-corrected chi connectivity index (χ2v) is 6.32. The molecule has 1 aromatic carbocycles. The third-order valence-electron chi connectivity index (χ3n) is 4.59. The molecule has 0 saturated carbocycles. The van der Waals surface area contributed by atoms with Crippen LogP contribution in [0, 0.1) is 11.3 Å². The van der Waals surface area contributed by atoms with Crippen molar-refractivity contribution in [3.63, 3.8) is 0 Å². The maximum absolute atomic E-state index is 12.9. The van der Waals surface area contributed by atoms with E-state index in [2.05, 4.69) is 5.10 Å². The largest absolute Gasteiger partial charge is 0.451 e. The average molecular weight is 379 g/mol. The number of nitriles is 1. The van der Waals surface area contributed by atoms with E-state index in [-0.39, 0.29) is 19.0 Å². The number of carbonyl (C=O) groups is 1. The Hall–Kier alpha value is -3.09. The van der Waals surface area contributed by atoms with Crippen LogP contribution in [-0.4, -0.2) is 38.2 Å². The molecule has 1 saturated heterocycles. The van der Waals surface area contributed by atoms with Gasteiger partial charge in [-0.05, 0) is 31.0 Å². The Balaban J connectivity index is 1.73. The molecule has 0 spiro atoms. The predicted molar refractivity (Wildman–Crippen MR) is 87.8 cm³/mol. The van der Waals surface area contributed by atoms with Crippen molar-refractivity contribution in [3.8, 4) is 6.07 Å². The lowest BCUT2D eigenvalue weighted by Crippen LogP contribution is -2.41. The SMILES string of the molecule is Cn1c(C(F)(F)F)nn(C2CCN(C(=O)c3cccc(C#N)c3)CC2)c1=O. The molecule has 0 bridgehead atoms. The standard InChI is InChI=1S/C17H16F3N5O2/c1-23-15(17(18,19)20)22-25(16(23)27)13-5-7-24(8-6-13)14(26)12-4-2-3-11(9-12)10-21/h2-4,9,13H,5-8H2,1H3. The van der Waals surface area contributed by atoms with Crippen molar-refractivity contribution in [2.24, 2.45) is 7.05 Å². The number of piperidine rings is 1. The summed E-state index contributed by atoms with van der Waals surface area (Å²) < 4.78 is 40.1. The molecule has 1 amide bonds. The van der Waals surface area contributed by atoms with Crippen LogP contribution in [0.2, 0.25) is 0 Å². The molecule has 1 aromatic heterocycles. The van der Waals surface area contributed by atoms with Crippen LogP contribution in [0.3, 0.4) is 0 Å². The monoisotopic (exact) mass is 379 g/mol. The topological polar surface area (TPSA) is 83.9 Å². The van der Waals surface area contributed by atoms with Gasteiger partial charge in [0.25, 0.3) is 5.91 Å². The van der Waals surface area contributed by atoms with Gasteiger partial charge in [0.2, 0.25) is 5.82 Å². The minimum absolute atomic E-state index is 0.255. The van der Waals surface area contributed by atoms with Crippen molar-refractivity contribution >= 4 is 5.91 Å². The van der Waals surface area contributed by atoms with Crippen molar-refractivity contribution in [1.29, 1.82) is 5.26 Å². The van der Waals surface area contributed by atoms with E-state index in [0.29, 0.717) is 28.5 Å². The van der Waals surface area contributed by atoms with E-state index in [9.17, 15) is 22.8 Å². The van der Waals surface area contributed by atoms with Gasteiger partial charge in [-0.15, -0.1) is 5.10 Å². The van der Waals surface area contributed by atoms with Gasteiger partial charge in [0.05, 0.1) is 17.7 Å². The minimum atomic E-state index is -4.71. The highest BCUT2D eigenvalue weighted by Gasteiger charge is 2.39. The summed E-state index contributed by atoms with van der Waals surface area (Å²) in [5.41, 5.74) is -0.0777. The molecule has 10 heteroatoms. The second kappa shape index (κ2) is 6.90. The summed E-state index contributed by atoms with van der Waals surface area (Å²) in [6, 6.07) is 7.77. The summed E-state index contributed by atoms with van der Waals surface area (Å²) >= 11 is 0. The van der Waals surface area contributed by atoms with Crippen molar-refractivity contribution < 1.29 is 18.0 Å². The van der Waals surface area contributed by atoms with Crippen LogP contribution in [0.25, 0.3) is 0 Å². The Kier molecular flexibility index (Phi) is 4.78. The average Bonchev–Trinajstić information content (AvgIpc) is 2.96. The number of amides is 1. The highest BCUT2D eigenvalue weighted by Crippen LogP contribution is 2.28. The van der Waals surface area contributed by atoms with Crippen molar-refractivity contribution in [2.45, 2.75) is 25.1 Å². The molecule has 27 heavy (non-hydrogen) atoms. The first kappa shape index (κ1) is 18.7. The van der Waals surface area contributed by atoms with E-state index in [1.54, 1.807) is 23.1 Å². The maximum Gasteiger partial charge on any atom is 0.451 e.